The Bertz CT molecular complexity index is 1490. The molecule has 0 saturated carbocycles. The van der Waals surface area contributed by atoms with Gasteiger partial charge in [-0.3, -0.25) is 4.72 Å². The molecule has 9 nitrogen and oxygen atoms in total. The van der Waals surface area contributed by atoms with Crippen LogP contribution in [0.1, 0.15) is 5.56 Å². The Morgan fingerprint density at radius 1 is 0.697 bits per heavy atom. The van der Waals surface area contributed by atoms with Gasteiger partial charge >= 0.3 is 0 Å². The molecule has 0 radical (unpaired) electrons. The molecule has 33 heavy (non-hydrogen) atoms. The number of nitrogens with one attached hydrogen (secondary N) is 2. The number of primary sulfonamides is 1. The third kappa shape index (κ3) is 5.45. The molecule has 0 aliphatic carbocycles. The maximum Gasteiger partial charge on any atom is 0.263 e. The summed E-state index contributed by atoms with van der Waals surface area (Å²) in [5, 5.41) is 8.26. The number of sulfonamides is 2. The summed E-state index contributed by atoms with van der Waals surface area (Å²) in [6.45, 7) is 0.405. The maximum atomic E-state index is 12.8. The molecule has 170 valence electrons. The van der Waals surface area contributed by atoms with Crippen LogP contribution in [0.3, 0.4) is 0 Å². The highest BCUT2D eigenvalue weighted by atomic mass is 32.2. The van der Waals surface area contributed by atoms with Crippen LogP contribution in [-0.2, 0) is 26.5 Å². The lowest BCUT2D eigenvalue weighted by atomic mass is 10.1. The Kier molecular flexibility index (Phi) is 6.27. The van der Waals surface area contributed by atoms with Crippen molar-refractivity contribution in [2.45, 2.75) is 16.2 Å². The first-order valence-electron chi connectivity index (χ1n) is 9.93. The molecule has 1 heterocycles. The molecular weight excluding hydrogens is 462 g/mol. The number of anilines is 2. The van der Waals surface area contributed by atoms with Crippen LogP contribution in [0.4, 0.5) is 11.6 Å². The molecule has 3 aromatic carbocycles. The SMILES string of the molecule is NS(=O)(=O)c1ccc(CCNc2nc3ccccc3nc2NS(=O)(=O)c2ccccc2)cc1. The van der Waals surface area contributed by atoms with E-state index in [2.05, 4.69) is 20.0 Å². The Balaban J connectivity index is 1.57. The Hall–Kier alpha value is -3.54. The fraction of sp³-hybridized carbons (Fsp3) is 0.0909. The van der Waals surface area contributed by atoms with E-state index in [0.717, 1.165) is 5.56 Å². The van der Waals surface area contributed by atoms with Crippen LogP contribution in [0.15, 0.2) is 88.7 Å². The summed E-state index contributed by atoms with van der Waals surface area (Å²) in [4.78, 5) is 9.14. The number of fused-ring (bicyclic) bond motifs is 1. The number of hydrogen-bond donors (Lipinski definition) is 3. The van der Waals surface area contributed by atoms with Gasteiger partial charge in [0.05, 0.1) is 20.8 Å². The molecule has 4 rings (SSSR count). The lowest BCUT2D eigenvalue weighted by Crippen LogP contribution is -2.17. The van der Waals surface area contributed by atoms with Gasteiger partial charge in [0, 0.05) is 6.54 Å². The first kappa shape index (κ1) is 22.6. The number of para-hydroxylation sites is 2. The first-order valence-corrected chi connectivity index (χ1v) is 13.0. The monoisotopic (exact) mass is 483 g/mol. The molecular formula is C22H21N5O4S2. The predicted molar refractivity (Wildman–Crippen MR) is 127 cm³/mol. The van der Waals surface area contributed by atoms with Gasteiger partial charge in [0.1, 0.15) is 0 Å². The second-order valence-corrected chi connectivity index (χ2v) is 10.4. The summed E-state index contributed by atoms with van der Waals surface area (Å²) in [5.41, 5.74) is 2.03. The summed E-state index contributed by atoms with van der Waals surface area (Å²) in [7, 11) is -7.61. The van der Waals surface area contributed by atoms with Gasteiger partial charge in [-0.15, -0.1) is 0 Å². The smallest absolute Gasteiger partial charge is 0.263 e. The highest BCUT2D eigenvalue weighted by Crippen LogP contribution is 2.24. The van der Waals surface area contributed by atoms with Crippen molar-refractivity contribution in [3.05, 3.63) is 84.4 Å². The van der Waals surface area contributed by atoms with Gasteiger partial charge < -0.3 is 5.32 Å². The quantitative estimate of drug-likeness (QED) is 0.349. The molecule has 0 unspecified atom stereocenters. The largest absolute Gasteiger partial charge is 0.367 e. The van der Waals surface area contributed by atoms with Crippen molar-refractivity contribution in [1.29, 1.82) is 0 Å². The third-order valence-electron chi connectivity index (χ3n) is 4.81. The molecule has 0 aliphatic rings. The van der Waals surface area contributed by atoms with Crippen molar-refractivity contribution in [2.75, 3.05) is 16.6 Å². The third-order valence-corrected chi connectivity index (χ3v) is 7.10. The van der Waals surface area contributed by atoms with Crippen LogP contribution in [0.2, 0.25) is 0 Å². The van der Waals surface area contributed by atoms with Crippen molar-refractivity contribution in [3.63, 3.8) is 0 Å². The fourth-order valence-electron chi connectivity index (χ4n) is 3.15. The summed E-state index contributed by atoms with van der Waals surface area (Å²) >= 11 is 0. The highest BCUT2D eigenvalue weighted by molar-refractivity contribution is 7.92. The van der Waals surface area contributed by atoms with E-state index in [9.17, 15) is 16.8 Å². The zero-order valence-corrected chi connectivity index (χ0v) is 19.0. The van der Waals surface area contributed by atoms with Gasteiger partial charge in [-0.2, -0.15) is 0 Å². The minimum Gasteiger partial charge on any atom is -0.367 e. The average Bonchev–Trinajstić information content (AvgIpc) is 2.79. The first-order chi connectivity index (χ1) is 15.7. The molecule has 11 heteroatoms. The van der Waals surface area contributed by atoms with E-state index >= 15 is 0 Å². The molecule has 0 atom stereocenters. The molecule has 0 bridgehead atoms. The highest BCUT2D eigenvalue weighted by Gasteiger charge is 2.18. The number of nitrogens with two attached hydrogens (primary N) is 1. The van der Waals surface area contributed by atoms with Gasteiger partial charge in [0.15, 0.2) is 11.6 Å². The van der Waals surface area contributed by atoms with Gasteiger partial charge in [0.25, 0.3) is 10.0 Å². The fourth-order valence-corrected chi connectivity index (χ4v) is 4.70. The van der Waals surface area contributed by atoms with E-state index in [0.29, 0.717) is 24.0 Å². The molecule has 0 saturated heterocycles. The van der Waals surface area contributed by atoms with E-state index < -0.39 is 20.0 Å². The zero-order chi connectivity index (χ0) is 23.5. The lowest BCUT2D eigenvalue weighted by molar-refractivity contribution is 0.597. The van der Waals surface area contributed by atoms with Crippen LogP contribution >= 0.6 is 0 Å². The van der Waals surface area contributed by atoms with Crippen molar-refractivity contribution in [2.24, 2.45) is 5.14 Å². The van der Waals surface area contributed by atoms with E-state index in [1.165, 1.54) is 24.3 Å². The van der Waals surface area contributed by atoms with Crippen LogP contribution in [-0.4, -0.2) is 33.3 Å². The Labute approximate surface area is 191 Å². The molecule has 1 aromatic heterocycles. The second kappa shape index (κ2) is 9.14. The number of hydrogen-bond acceptors (Lipinski definition) is 7. The normalized spacial score (nSPS) is 11.9. The predicted octanol–water partition coefficient (Wildman–Crippen LogP) is 2.73. The minimum atomic E-state index is -3.86. The lowest BCUT2D eigenvalue weighted by Gasteiger charge is -2.14. The molecule has 0 fully saturated rings. The Morgan fingerprint density at radius 2 is 1.27 bits per heavy atom. The van der Waals surface area contributed by atoms with Crippen LogP contribution in [0.5, 0.6) is 0 Å². The van der Waals surface area contributed by atoms with Gasteiger partial charge in [-0.25, -0.2) is 31.9 Å². The maximum absolute atomic E-state index is 12.8. The van der Waals surface area contributed by atoms with Crippen LogP contribution < -0.4 is 15.2 Å². The summed E-state index contributed by atoms with van der Waals surface area (Å²) < 4.78 is 51.0. The number of aromatic nitrogens is 2. The van der Waals surface area contributed by atoms with Crippen molar-refractivity contribution in [1.82, 2.24) is 9.97 Å². The topological polar surface area (TPSA) is 144 Å². The average molecular weight is 484 g/mol. The molecule has 4 N–H and O–H groups in total. The second-order valence-electron chi connectivity index (χ2n) is 7.19. The molecule has 4 aromatic rings. The molecule has 0 aliphatic heterocycles. The van der Waals surface area contributed by atoms with Gasteiger partial charge in [0.2, 0.25) is 10.0 Å². The van der Waals surface area contributed by atoms with E-state index in [1.807, 2.05) is 6.07 Å². The molecule has 0 amide bonds. The van der Waals surface area contributed by atoms with Crippen molar-refractivity contribution < 1.29 is 16.8 Å². The molecule has 0 spiro atoms. The van der Waals surface area contributed by atoms with Crippen molar-refractivity contribution in [3.8, 4) is 0 Å². The minimum absolute atomic E-state index is 0.0391. The number of rotatable bonds is 8. The summed E-state index contributed by atoms with van der Waals surface area (Å²) in [6, 6.07) is 21.4. The van der Waals surface area contributed by atoms with E-state index in [1.54, 1.807) is 48.5 Å². The van der Waals surface area contributed by atoms with Gasteiger partial charge in [-0.1, -0.05) is 42.5 Å². The van der Waals surface area contributed by atoms with E-state index in [4.69, 9.17) is 5.14 Å². The van der Waals surface area contributed by atoms with E-state index in [-0.39, 0.29) is 21.4 Å². The number of nitrogens with zero attached hydrogens (tertiary/aromatic N) is 2. The van der Waals surface area contributed by atoms with Crippen LogP contribution in [0.25, 0.3) is 11.0 Å². The van der Waals surface area contributed by atoms with Crippen molar-refractivity contribution >= 4 is 42.7 Å². The number of benzene rings is 3. The standard InChI is InChI=1S/C22H21N5O4S2/c23-32(28,29)17-12-10-16(11-13-17)14-15-24-21-22(26-20-9-5-4-8-19(20)25-21)27-33(30,31)18-6-2-1-3-7-18/h1-13H,14-15H2,(H,24,25)(H,26,27)(H2,23,28,29). The van der Waals surface area contributed by atoms with Crippen LogP contribution in [0, 0.1) is 0 Å². The Morgan fingerprint density at radius 3 is 1.88 bits per heavy atom. The summed E-state index contributed by atoms with van der Waals surface area (Å²) in [6.07, 6.45) is 0.532. The van der Waals surface area contributed by atoms with Gasteiger partial charge in [-0.05, 0) is 48.4 Å². The zero-order valence-electron chi connectivity index (χ0n) is 17.3. The summed E-state index contributed by atoms with van der Waals surface area (Å²) in [5.74, 6) is 0.372.